The van der Waals surface area contributed by atoms with Gasteiger partial charge >= 0.3 is 0 Å². The van der Waals surface area contributed by atoms with Crippen LogP contribution in [0, 0.1) is 16.0 Å². The first-order valence-electron chi connectivity index (χ1n) is 8.70. The number of piperidine rings is 1. The number of hydrogen-bond donors (Lipinski definition) is 0. The summed E-state index contributed by atoms with van der Waals surface area (Å²) in [5.41, 5.74) is -0.197. The molecule has 0 atom stereocenters. The van der Waals surface area contributed by atoms with Gasteiger partial charge in [0.25, 0.3) is 5.69 Å². The molecule has 29 heavy (non-hydrogen) atoms. The number of rotatable bonds is 5. The third kappa shape index (κ3) is 4.78. The molecule has 0 spiro atoms. The number of ether oxygens (including phenoxy) is 1. The van der Waals surface area contributed by atoms with Crippen molar-refractivity contribution in [3.63, 3.8) is 0 Å². The Morgan fingerprint density at radius 2 is 1.66 bits per heavy atom. The zero-order valence-electron chi connectivity index (χ0n) is 15.3. The Hall–Kier alpha value is -1.58. The summed E-state index contributed by atoms with van der Waals surface area (Å²) in [5.74, 6) is 0.591. The standard InChI is InChI=1S/C18H17Cl3N2O5S/c1-11-4-6-22(7-5-11)29(26,27)13-9-15(20)18(16(21)10-13)28-17-3-2-12(23(24)25)8-14(17)19/h2-3,8-11H,4-7H2,1H3. The van der Waals surface area contributed by atoms with Gasteiger partial charge in [-0.2, -0.15) is 4.31 Å². The molecular weight excluding hydrogens is 463 g/mol. The molecule has 0 saturated carbocycles. The van der Waals surface area contributed by atoms with Crippen molar-refractivity contribution in [2.24, 2.45) is 5.92 Å². The second kappa shape index (κ2) is 8.65. The Morgan fingerprint density at radius 3 is 2.17 bits per heavy atom. The minimum Gasteiger partial charge on any atom is -0.453 e. The third-order valence-corrected chi connectivity index (χ3v) is 7.42. The van der Waals surface area contributed by atoms with Crippen molar-refractivity contribution in [1.82, 2.24) is 4.31 Å². The number of halogens is 3. The van der Waals surface area contributed by atoms with E-state index in [9.17, 15) is 18.5 Å². The summed E-state index contributed by atoms with van der Waals surface area (Å²) in [5, 5.41) is 10.8. The fraction of sp³-hybridized carbons (Fsp3) is 0.333. The largest absolute Gasteiger partial charge is 0.453 e. The van der Waals surface area contributed by atoms with Crippen LogP contribution in [0.4, 0.5) is 5.69 Å². The number of benzene rings is 2. The normalized spacial score (nSPS) is 16.0. The van der Waals surface area contributed by atoms with E-state index in [1.807, 2.05) is 0 Å². The second-order valence-electron chi connectivity index (χ2n) is 6.78. The topological polar surface area (TPSA) is 89.8 Å². The second-order valence-corrected chi connectivity index (χ2v) is 9.94. The lowest BCUT2D eigenvalue weighted by Gasteiger charge is -2.29. The van der Waals surface area contributed by atoms with E-state index in [2.05, 4.69) is 6.92 Å². The van der Waals surface area contributed by atoms with Crippen LogP contribution in [0.25, 0.3) is 0 Å². The summed E-state index contributed by atoms with van der Waals surface area (Å²) in [4.78, 5) is 10.2. The zero-order chi connectivity index (χ0) is 21.3. The molecule has 0 aromatic heterocycles. The SMILES string of the molecule is CC1CCN(S(=O)(=O)c2cc(Cl)c(Oc3ccc([N+](=O)[O-])cc3Cl)c(Cl)c2)CC1. The summed E-state index contributed by atoms with van der Waals surface area (Å²) in [6.07, 6.45) is 1.58. The maximum absolute atomic E-state index is 12.9. The molecule has 1 aliphatic rings. The number of hydrogen-bond acceptors (Lipinski definition) is 5. The molecule has 1 fully saturated rings. The summed E-state index contributed by atoms with van der Waals surface area (Å²) in [6.45, 7) is 2.97. The van der Waals surface area contributed by atoms with Crippen molar-refractivity contribution in [3.05, 3.63) is 55.5 Å². The van der Waals surface area contributed by atoms with Crippen molar-refractivity contribution in [1.29, 1.82) is 0 Å². The molecule has 0 N–H and O–H groups in total. The van der Waals surface area contributed by atoms with E-state index >= 15 is 0 Å². The van der Waals surface area contributed by atoms with Gasteiger partial charge in [-0.25, -0.2) is 8.42 Å². The minimum atomic E-state index is -3.74. The Labute approximate surface area is 183 Å². The van der Waals surface area contributed by atoms with Gasteiger partial charge in [0.2, 0.25) is 10.0 Å². The van der Waals surface area contributed by atoms with E-state index in [0.717, 1.165) is 18.9 Å². The van der Waals surface area contributed by atoms with E-state index in [4.69, 9.17) is 39.5 Å². The quantitative estimate of drug-likeness (QED) is 0.401. The Morgan fingerprint density at radius 1 is 1.07 bits per heavy atom. The molecule has 0 unspecified atom stereocenters. The van der Waals surface area contributed by atoms with Crippen LogP contribution >= 0.6 is 34.8 Å². The predicted molar refractivity (Wildman–Crippen MR) is 112 cm³/mol. The van der Waals surface area contributed by atoms with Crippen molar-refractivity contribution >= 4 is 50.5 Å². The Bertz CT molecular complexity index is 1030. The van der Waals surface area contributed by atoms with Crippen molar-refractivity contribution < 1.29 is 18.1 Å². The molecule has 11 heteroatoms. The molecule has 1 heterocycles. The van der Waals surface area contributed by atoms with E-state index in [1.54, 1.807) is 0 Å². The van der Waals surface area contributed by atoms with Gasteiger partial charge in [0, 0.05) is 25.2 Å². The highest BCUT2D eigenvalue weighted by Gasteiger charge is 2.29. The lowest BCUT2D eigenvalue weighted by molar-refractivity contribution is -0.384. The highest BCUT2D eigenvalue weighted by molar-refractivity contribution is 7.89. The maximum Gasteiger partial charge on any atom is 0.271 e. The van der Waals surface area contributed by atoms with Crippen LogP contribution < -0.4 is 4.74 Å². The van der Waals surface area contributed by atoms with E-state index in [-0.39, 0.29) is 37.1 Å². The monoisotopic (exact) mass is 478 g/mol. The third-order valence-electron chi connectivity index (χ3n) is 4.69. The van der Waals surface area contributed by atoms with Crippen LogP contribution in [0.2, 0.25) is 15.1 Å². The molecule has 2 aromatic rings. The van der Waals surface area contributed by atoms with Gasteiger partial charge in [0.1, 0.15) is 5.75 Å². The van der Waals surface area contributed by atoms with Crippen LogP contribution in [-0.2, 0) is 10.0 Å². The van der Waals surface area contributed by atoms with E-state index < -0.39 is 14.9 Å². The summed E-state index contributed by atoms with van der Waals surface area (Å²) >= 11 is 18.5. The minimum absolute atomic E-state index is 0.00883. The fourth-order valence-corrected chi connectivity index (χ4v) is 5.38. The maximum atomic E-state index is 12.9. The van der Waals surface area contributed by atoms with Crippen LogP contribution in [0.1, 0.15) is 19.8 Å². The summed E-state index contributed by atoms with van der Waals surface area (Å²) in [7, 11) is -3.74. The molecule has 3 rings (SSSR count). The number of nitrogens with zero attached hydrogens (tertiary/aromatic N) is 2. The first kappa shape index (κ1) is 22.1. The van der Waals surface area contributed by atoms with Gasteiger partial charge in [0.15, 0.2) is 5.75 Å². The molecule has 2 aromatic carbocycles. The fourth-order valence-electron chi connectivity index (χ4n) is 2.95. The van der Waals surface area contributed by atoms with Crippen molar-refractivity contribution in [2.75, 3.05) is 13.1 Å². The molecule has 1 saturated heterocycles. The lowest BCUT2D eigenvalue weighted by atomic mass is 10.0. The van der Waals surface area contributed by atoms with Crippen molar-refractivity contribution in [2.45, 2.75) is 24.7 Å². The Balaban J connectivity index is 1.89. The van der Waals surface area contributed by atoms with Gasteiger partial charge in [-0.3, -0.25) is 10.1 Å². The average Bonchev–Trinajstić information content (AvgIpc) is 2.65. The smallest absolute Gasteiger partial charge is 0.271 e. The number of non-ortho nitro benzene ring substituents is 1. The molecule has 0 bridgehead atoms. The van der Waals surface area contributed by atoms with Gasteiger partial charge < -0.3 is 4.74 Å². The highest BCUT2D eigenvalue weighted by Crippen LogP contribution is 2.41. The van der Waals surface area contributed by atoms with Crippen LogP contribution in [0.3, 0.4) is 0 Å². The first-order chi connectivity index (χ1) is 13.6. The van der Waals surface area contributed by atoms with Crippen LogP contribution in [-0.4, -0.2) is 30.7 Å². The summed E-state index contributed by atoms with van der Waals surface area (Å²) in [6, 6.07) is 6.21. The number of nitro benzene ring substituents is 1. The average molecular weight is 480 g/mol. The van der Waals surface area contributed by atoms with Gasteiger partial charge in [-0.05, 0) is 37.0 Å². The molecular formula is C18H17Cl3N2O5S. The van der Waals surface area contributed by atoms with E-state index in [0.29, 0.717) is 19.0 Å². The van der Waals surface area contributed by atoms with Gasteiger partial charge in [-0.15, -0.1) is 0 Å². The number of sulfonamides is 1. The van der Waals surface area contributed by atoms with Crippen molar-refractivity contribution in [3.8, 4) is 11.5 Å². The lowest BCUT2D eigenvalue weighted by Crippen LogP contribution is -2.37. The molecule has 0 amide bonds. The molecule has 156 valence electrons. The van der Waals surface area contributed by atoms with Gasteiger partial charge in [-0.1, -0.05) is 41.7 Å². The zero-order valence-corrected chi connectivity index (χ0v) is 18.4. The van der Waals surface area contributed by atoms with Crippen LogP contribution in [0.15, 0.2) is 35.2 Å². The molecule has 0 radical (unpaired) electrons. The first-order valence-corrected chi connectivity index (χ1v) is 11.3. The Kier molecular flexibility index (Phi) is 6.60. The number of nitro groups is 1. The van der Waals surface area contributed by atoms with Crippen LogP contribution in [0.5, 0.6) is 11.5 Å². The highest BCUT2D eigenvalue weighted by atomic mass is 35.5. The van der Waals surface area contributed by atoms with E-state index in [1.165, 1.54) is 28.6 Å². The molecule has 1 aliphatic heterocycles. The summed E-state index contributed by atoms with van der Waals surface area (Å²) < 4.78 is 32.8. The predicted octanol–water partition coefficient (Wildman–Crippen LogP) is 5.77. The molecule has 7 nitrogen and oxygen atoms in total. The van der Waals surface area contributed by atoms with Gasteiger partial charge in [0.05, 0.1) is 24.9 Å². The molecule has 0 aliphatic carbocycles.